The summed E-state index contributed by atoms with van der Waals surface area (Å²) < 4.78 is 0. The molecule has 1 fully saturated rings. The van der Waals surface area contributed by atoms with E-state index in [0.717, 1.165) is 42.9 Å². The minimum absolute atomic E-state index is 0.0117. The molecule has 0 radical (unpaired) electrons. The number of likely N-dealkylation sites (tertiary alicyclic amines) is 1. The van der Waals surface area contributed by atoms with Crippen molar-refractivity contribution in [3.63, 3.8) is 0 Å². The van der Waals surface area contributed by atoms with Gasteiger partial charge in [0.25, 0.3) is 0 Å². The van der Waals surface area contributed by atoms with E-state index in [-0.39, 0.29) is 17.9 Å². The van der Waals surface area contributed by atoms with Gasteiger partial charge >= 0.3 is 0 Å². The van der Waals surface area contributed by atoms with Gasteiger partial charge in [-0.25, -0.2) is 4.98 Å². The van der Waals surface area contributed by atoms with Crippen molar-refractivity contribution in [2.24, 2.45) is 5.92 Å². The summed E-state index contributed by atoms with van der Waals surface area (Å²) in [6.45, 7) is 9.09. The molecule has 3 aromatic rings. The van der Waals surface area contributed by atoms with E-state index in [0.29, 0.717) is 0 Å². The Morgan fingerprint density at radius 3 is 2.53 bits per heavy atom. The minimum atomic E-state index is 0.0117. The summed E-state index contributed by atoms with van der Waals surface area (Å²) >= 11 is 0. The Kier molecular flexibility index (Phi) is 5.76. The third-order valence-electron chi connectivity index (χ3n) is 6.30. The van der Waals surface area contributed by atoms with Gasteiger partial charge in [0.05, 0.1) is 17.9 Å². The summed E-state index contributed by atoms with van der Waals surface area (Å²) in [6, 6.07) is 15.1. The molecule has 1 saturated heterocycles. The lowest BCUT2D eigenvalue weighted by atomic mass is 9.96. The number of nitrogens with zero attached hydrogens (tertiary/aromatic N) is 2. The highest BCUT2D eigenvalue weighted by Crippen LogP contribution is 2.32. The number of hydrogen-bond acceptors (Lipinski definition) is 2. The van der Waals surface area contributed by atoms with Gasteiger partial charge in [-0.3, -0.25) is 4.79 Å². The van der Waals surface area contributed by atoms with Crippen LogP contribution in [0.15, 0.2) is 48.7 Å². The van der Waals surface area contributed by atoms with Gasteiger partial charge in [0.1, 0.15) is 5.82 Å². The first-order valence-electron chi connectivity index (χ1n) is 11.0. The number of amides is 1. The number of aryl methyl sites for hydroxylation is 1. The maximum Gasteiger partial charge on any atom is 0.225 e. The van der Waals surface area contributed by atoms with Crippen LogP contribution in [0.1, 0.15) is 56.1 Å². The molecular weight excluding hydrogens is 370 g/mol. The number of aromatic amines is 1. The average Bonchev–Trinajstić information content (AvgIpc) is 3.25. The number of nitrogens with one attached hydrogen (secondary N) is 1. The second kappa shape index (κ2) is 8.47. The highest BCUT2D eigenvalue weighted by atomic mass is 16.2. The average molecular weight is 402 g/mol. The molecule has 0 aliphatic carbocycles. The summed E-state index contributed by atoms with van der Waals surface area (Å²) in [7, 11) is 0. The third kappa shape index (κ3) is 3.91. The Bertz CT molecular complexity index is 1030. The molecule has 1 atom stereocenters. The van der Waals surface area contributed by atoms with Crippen molar-refractivity contribution < 1.29 is 4.79 Å². The molecule has 0 saturated carbocycles. The van der Waals surface area contributed by atoms with Crippen LogP contribution < -0.4 is 0 Å². The van der Waals surface area contributed by atoms with Crippen LogP contribution in [0.2, 0.25) is 0 Å². The smallest absolute Gasteiger partial charge is 0.225 e. The number of carbonyl (C=O) groups excluding carboxylic acids is 1. The molecule has 4 rings (SSSR count). The molecule has 1 aliphatic rings. The van der Waals surface area contributed by atoms with E-state index >= 15 is 0 Å². The van der Waals surface area contributed by atoms with Crippen LogP contribution in [0, 0.1) is 19.8 Å². The lowest BCUT2D eigenvalue weighted by Crippen LogP contribution is -2.41. The summed E-state index contributed by atoms with van der Waals surface area (Å²) in [5.41, 5.74) is 7.24. The maximum absolute atomic E-state index is 12.7. The molecule has 156 valence electrons. The normalized spacial score (nSPS) is 16.8. The predicted molar refractivity (Wildman–Crippen MR) is 122 cm³/mol. The highest BCUT2D eigenvalue weighted by Gasteiger charge is 2.31. The molecule has 4 nitrogen and oxygen atoms in total. The van der Waals surface area contributed by atoms with E-state index < -0.39 is 0 Å². The lowest BCUT2D eigenvalue weighted by molar-refractivity contribution is -0.138. The van der Waals surface area contributed by atoms with Gasteiger partial charge in [-0.1, -0.05) is 56.3 Å². The number of hydrogen-bond donors (Lipinski definition) is 1. The molecule has 2 heterocycles. The van der Waals surface area contributed by atoms with Crippen molar-refractivity contribution in [2.45, 2.75) is 53.0 Å². The van der Waals surface area contributed by atoms with Crippen molar-refractivity contribution in [3.8, 4) is 22.4 Å². The standard InChI is InChI=1S/C26H31N3O/c1-17(2)26(30)29-15-6-5-10-24(29)25-27-16-23(28-25)21-13-11-20(12-14-21)22-9-7-8-18(3)19(22)4/h7-9,11-14,16-17,24H,5-6,10,15H2,1-4H3,(H,27,28). The second-order valence-corrected chi connectivity index (χ2v) is 8.70. The fourth-order valence-electron chi connectivity index (χ4n) is 4.36. The van der Waals surface area contributed by atoms with Gasteiger partial charge in [0.15, 0.2) is 0 Å². The van der Waals surface area contributed by atoms with E-state index in [1.54, 1.807) is 0 Å². The Labute approximate surface area is 179 Å². The fourth-order valence-corrected chi connectivity index (χ4v) is 4.36. The van der Waals surface area contributed by atoms with Gasteiger partial charge in [0.2, 0.25) is 5.91 Å². The zero-order chi connectivity index (χ0) is 21.3. The summed E-state index contributed by atoms with van der Waals surface area (Å²) in [5.74, 6) is 1.13. The molecule has 0 bridgehead atoms. The molecular formula is C26H31N3O. The Morgan fingerprint density at radius 1 is 1.07 bits per heavy atom. The highest BCUT2D eigenvalue weighted by molar-refractivity contribution is 5.78. The lowest BCUT2D eigenvalue weighted by Gasteiger charge is -2.35. The summed E-state index contributed by atoms with van der Waals surface area (Å²) in [4.78, 5) is 22.8. The molecule has 1 aromatic heterocycles. The second-order valence-electron chi connectivity index (χ2n) is 8.70. The Morgan fingerprint density at radius 2 is 1.80 bits per heavy atom. The SMILES string of the molecule is Cc1cccc(-c2ccc(-c3cnc(C4CCCCN4C(=O)C(C)C)[nH]3)cc2)c1C. The van der Waals surface area contributed by atoms with Gasteiger partial charge in [-0.05, 0) is 60.9 Å². The van der Waals surface area contributed by atoms with Crippen LogP contribution in [0.3, 0.4) is 0 Å². The van der Waals surface area contributed by atoms with E-state index in [9.17, 15) is 4.79 Å². The molecule has 30 heavy (non-hydrogen) atoms. The number of aromatic nitrogens is 2. The molecule has 1 amide bonds. The first-order valence-corrected chi connectivity index (χ1v) is 11.0. The van der Waals surface area contributed by atoms with Crippen molar-refractivity contribution in [2.75, 3.05) is 6.54 Å². The monoisotopic (exact) mass is 401 g/mol. The van der Waals surface area contributed by atoms with Crippen LogP contribution in [0.25, 0.3) is 22.4 Å². The van der Waals surface area contributed by atoms with E-state index in [2.05, 4.69) is 66.3 Å². The predicted octanol–water partition coefficient (Wildman–Crippen LogP) is 6.07. The van der Waals surface area contributed by atoms with Gasteiger partial charge in [-0.2, -0.15) is 0 Å². The minimum Gasteiger partial charge on any atom is -0.340 e. The van der Waals surface area contributed by atoms with Crippen molar-refractivity contribution in [3.05, 3.63) is 65.6 Å². The topological polar surface area (TPSA) is 49.0 Å². The molecule has 1 unspecified atom stereocenters. The van der Waals surface area contributed by atoms with Crippen LogP contribution in [0.4, 0.5) is 0 Å². The largest absolute Gasteiger partial charge is 0.340 e. The van der Waals surface area contributed by atoms with Crippen LogP contribution in [0.5, 0.6) is 0 Å². The first-order chi connectivity index (χ1) is 14.5. The van der Waals surface area contributed by atoms with E-state index in [1.165, 1.54) is 22.3 Å². The molecule has 1 N–H and O–H groups in total. The maximum atomic E-state index is 12.7. The van der Waals surface area contributed by atoms with Crippen LogP contribution in [-0.4, -0.2) is 27.3 Å². The van der Waals surface area contributed by atoms with Crippen molar-refractivity contribution in [1.82, 2.24) is 14.9 Å². The first kappa shape index (κ1) is 20.4. The Hall–Kier alpha value is -2.88. The number of benzene rings is 2. The van der Waals surface area contributed by atoms with Gasteiger partial charge in [-0.15, -0.1) is 0 Å². The molecule has 1 aliphatic heterocycles. The number of carbonyl (C=O) groups is 1. The van der Waals surface area contributed by atoms with Crippen molar-refractivity contribution >= 4 is 5.91 Å². The van der Waals surface area contributed by atoms with Gasteiger partial charge in [0, 0.05) is 12.5 Å². The summed E-state index contributed by atoms with van der Waals surface area (Å²) in [6.07, 6.45) is 5.07. The number of imidazole rings is 1. The quantitative estimate of drug-likeness (QED) is 0.577. The zero-order valence-electron chi connectivity index (χ0n) is 18.4. The number of H-pyrrole nitrogens is 1. The van der Waals surface area contributed by atoms with Crippen LogP contribution >= 0.6 is 0 Å². The van der Waals surface area contributed by atoms with Crippen LogP contribution in [-0.2, 0) is 4.79 Å². The molecule has 0 spiro atoms. The molecule has 2 aromatic carbocycles. The molecule has 4 heteroatoms. The summed E-state index contributed by atoms with van der Waals surface area (Å²) in [5, 5.41) is 0. The fraction of sp³-hybridized carbons (Fsp3) is 0.385. The van der Waals surface area contributed by atoms with Gasteiger partial charge < -0.3 is 9.88 Å². The number of rotatable bonds is 4. The van der Waals surface area contributed by atoms with Crippen molar-refractivity contribution in [1.29, 1.82) is 0 Å². The Balaban J connectivity index is 1.58. The van der Waals surface area contributed by atoms with E-state index in [4.69, 9.17) is 0 Å². The third-order valence-corrected chi connectivity index (χ3v) is 6.30. The number of piperidine rings is 1. The van der Waals surface area contributed by atoms with E-state index in [1.807, 2.05) is 24.9 Å². The zero-order valence-corrected chi connectivity index (χ0v) is 18.4.